The Morgan fingerprint density at radius 1 is 1.10 bits per heavy atom. The summed E-state index contributed by atoms with van der Waals surface area (Å²) in [5.41, 5.74) is 2.17. The Morgan fingerprint density at radius 2 is 1.87 bits per heavy atom. The van der Waals surface area contributed by atoms with Crippen LogP contribution in [-0.2, 0) is 7.05 Å². The number of benzene rings is 1. The van der Waals surface area contributed by atoms with E-state index in [0.29, 0.717) is 37.2 Å². The van der Waals surface area contributed by atoms with Crippen molar-refractivity contribution in [3.63, 3.8) is 0 Å². The summed E-state index contributed by atoms with van der Waals surface area (Å²) in [6.45, 7) is 4.98. The number of aromatic nitrogens is 4. The van der Waals surface area contributed by atoms with E-state index in [4.69, 9.17) is 10.1 Å². The van der Waals surface area contributed by atoms with Crippen molar-refractivity contribution in [3.8, 4) is 0 Å². The number of amides is 2. The van der Waals surface area contributed by atoms with Crippen LogP contribution in [-0.4, -0.2) is 74.9 Å². The van der Waals surface area contributed by atoms with Gasteiger partial charge in [0.1, 0.15) is 23.3 Å². The second-order valence-corrected chi connectivity index (χ2v) is 7.90. The Kier molecular flexibility index (Phi) is 4.54. The first-order chi connectivity index (χ1) is 14.5. The molecule has 1 aromatic carbocycles. The van der Waals surface area contributed by atoms with Gasteiger partial charge in [-0.05, 0) is 19.1 Å². The summed E-state index contributed by atoms with van der Waals surface area (Å²) < 4.78 is 2.17. The predicted octanol–water partition coefficient (Wildman–Crippen LogP) is 1.51. The summed E-state index contributed by atoms with van der Waals surface area (Å²) in [4.78, 5) is 32.0. The van der Waals surface area contributed by atoms with Gasteiger partial charge < -0.3 is 19.5 Å². The lowest BCUT2D eigenvalue weighted by Gasteiger charge is -2.40. The molecule has 1 N–H and O–H groups in total. The van der Waals surface area contributed by atoms with E-state index in [1.165, 1.54) is 0 Å². The Bertz CT molecular complexity index is 1110. The van der Waals surface area contributed by atoms with E-state index in [2.05, 4.69) is 32.5 Å². The van der Waals surface area contributed by atoms with Gasteiger partial charge in [0.05, 0.1) is 23.6 Å². The zero-order valence-electron chi connectivity index (χ0n) is 17.2. The van der Waals surface area contributed by atoms with E-state index in [1.807, 2.05) is 31.2 Å². The Morgan fingerprint density at radius 3 is 2.63 bits per heavy atom. The molecule has 0 unspecified atom stereocenters. The molecule has 3 aromatic rings. The minimum absolute atomic E-state index is 0.0367. The minimum atomic E-state index is -0.116. The molecule has 5 rings (SSSR count). The number of nitrogens with zero attached hydrogens (tertiary/aromatic N) is 7. The number of hydrogen-bond donors (Lipinski definition) is 1. The molecule has 9 nitrogen and oxygen atoms in total. The van der Waals surface area contributed by atoms with Gasteiger partial charge in [0, 0.05) is 45.8 Å². The molecule has 0 atom stereocenters. The van der Waals surface area contributed by atoms with Crippen molar-refractivity contribution in [1.29, 1.82) is 0 Å². The van der Waals surface area contributed by atoms with Gasteiger partial charge in [-0.25, -0.2) is 19.7 Å². The van der Waals surface area contributed by atoms with Crippen molar-refractivity contribution in [2.45, 2.75) is 12.8 Å². The van der Waals surface area contributed by atoms with Gasteiger partial charge >= 0.3 is 6.03 Å². The van der Waals surface area contributed by atoms with Gasteiger partial charge in [-0.1, -0.05) is 12.1 Å². The Labute approximate surface area is 174 Å². The fourth-order valence-electron chi connectivity index (χ4n) is 4.32. The van der Waals surface area contributed by atoms with Crippen LogP contribution in [0.2, 0.25) is 0 Å². The van der Waals surface area contributed by atoms with Crippen LogP contribution < -0.4 is 9.80 Å². The molecule has 0 spiro atoms. The van der Waals surface area contributed by atoms with Crippen LogP contribution in [0.1, 0.15) is 17.6 Å². The van der Waals surface area contributed by atoms with Crippen LogP contribution in [0, 0.1) is 6.92 Å². The number of anilines is 2. The molecule has 0 saturated carbocycles. The molecule has 0 aliphatic carbocycles. The van der Waals surface area contributed by atoms with E-state index in [9.17, 15) is 4.79 Å². The van der Waals surface area contributed by atoms with E-state index in [1.54, 1.807) is 9.80 Å². The highest BCUT2D eigenvalue weighted by Gasteiger charge is 2.35. The van der Waals surface area contributed by atoms with Crippen molar-refractivity contribution in [1.82, 2.24) is 24.4 Å². The second kappa shape index (κ2) is 7.24. The molecular weight excluding hydrogens is 382 g/mol. The van der Waals surface area contributed by atoms with Gasteiger partial charge in [0.15, 0.2) is 0 Å². The second-order valence-electron chi connectivity index (χ2n) is 7.90. The molecule has 0 bridgehead atoms. The van der Waals surface area contributed by atoms with Crippen molar-refractivity contribution in [2.75, 3.05) is 49.1 Å². The number of para-hydroxylation sites is 2. The molecule has 30 heavy (non-hydrogen) atoms. The lowest BCUT2D eigenvalue weighted by Crippen LogP contribution is -2.46. The number of carbonyl (C=O) groups excluding carboxylic acids is 1. The number of fused-ring (bicyclic) bond motifs is 1. The van der Waals surface area contributed by atoms with Gasteiger partial charge in [0.25, 0.3) is 0 Å². The third-order valence-electron chi connectivity index (χ3n) is 5.94. The zero-order chi connectivity index (χ0) is 20.8. The van der Waals surface area contributed by atoms with Crippen LogP contribution in [0.5, 0.6) is 0 Å². The maximum atomic E-state index is 12.6. The fraction of sp³-hybridized carbons (Fsp3) is 0.429. The summed E-state index contributed by atoms with van der Waals surface area (Å²) >= 11 is 0. The van der Waals surface area contributed by atoms with E-state index >= 15 is 0 Å². The van der Waals surface area contributed by atoms with E-state index in [0.717, 1.165) is 35.8 Å². The highest BCUT2D eigenvalue weighted by molar-refractivity contribution is 5.93. The topological polar surface area (TPSA) is 90.6 Å². The smallest absolute Gasteiger partial charge is 0.325 e. The van der Waals surface area contributed by atoms with Gasteiger partial charge in [-0.3, -0.25) is 4.90 Å². The summed E-state index contributed by atoms with van der Waals surface area (Å²) in [7, 11) is 2.07. The standard InChI is InChI=1S/C21H25N7O2/c1-14-22-18(11-19(23-14)28-8-7-26(9-10-29)21(28)30)27-12-15(13-27)20-24-16-5-3-4-6-17(16)25(20)2/h3-6,11,15,29H,7-10,12-13H2,1-2H3. The van der Waals surface area contributed by atoms with Gasteiger partial charge in [-0.2, -0.15) is 0 Å². The maximum Gasteiger partial charge on any atom is 0.325 e. The normalized spacial score (nSPS) is 17.3. The van der Waals surface area contributed by atoms with Crippen LogP contribution in [0.15, 0.2) is 30.3 Å². The zero-order valence-corrected chi connectivity index (χ0v) is 17.2. The molecule has 2 amide bonds. The Balaban J connectivity index is 1.34. The number of urea groups is 1. The number of aliphatic hydroxyl groups excluding tert-OH is 1. The molecule has 2 saturated heterocycles. The van der Waals surface area contributed by atoms with Crippen LogP contribution >= 0.6 is 0 Å². The summed E-state index contributed by atoms with van der Waals surface area (Å²) in [6.07, 6.45) is 0. The average Bonchev–Trinajstić information content (AvgIpc) is 3.22. The SMILES string of the molecule is Cc1nc(N2CC(c3nc4ccccc4n3C)C2)cc(N2CCN(CCO)C2=O)n1. The monoisotopic (exact) mass is 407 g/mol. The number of β-amino-alcohol motifs (C(OH)–C–C–N with tert-alkyl or cyclic N) is 1. The largest absolute Gasteiger partial charge is 0.395 e. The number of imidazole rings is 1. The third kappa shape index (κ3) is 3.06. The number of rotatable bonds is 5. The average molecular weight is 407 g/mol. The molecule has 2 aliphatic rings. The number of carbonyl (C=O) groups is 1. The predicted molar refractivity (Wildman–Crippen MR) is 114 cm³/mol. The van der Waals surface area contributed by atoms with E-state index < -0.39 is 0 Å². The molecule has 4 heterocycles. The minimum Gasteiger partial charge on any atom is -0.395 e. The lowest BCUT2D eigenvalue weighted by atomic mass is 9.99. The molecule has 0 radical (unpaired) electrons. The summed E-state index contributed by atoms with van der Waals surface area (Å²) in [6, 6.07) is 9.96. The first-order valence-electron chi connectivity index (χ1n) is 10.2. The summed E-state index contributed by atoms with van der Waals surface area (Å²) in [5, 5.41) is 9.13. The van der Waals surface area contributed by atoms with E-state index in [-0.39, 0.29) is 12.6 Å². The summed E-state index contributed by atoms with van der Waals surface area (Å²) in [5.74, 6) is 3.53. The van der Waals surface area contributed by atoms with Crippen LogP contribution in [0.3, 0.4) is 0 Å². The third-order valence-corrected chi connectivity index (χ3v) is 5.94. The van der Waals surface area contributed by atoms with Crippen molar-refractivity contribution in [2.24, 2.45) is 7.05 Å². The van der Waals surface area contributed by atoms with Crippen molar-refractivity contribution in [3.05, 3.63) is 42.0 Å². The molecule has 2 aliphatic heterocycles. The van der Waals surface area contributed by atoms with Crippen LogP contribution in [0.4, 0.5) is 16.4 Å². The number of aryl methyl sites for hydroxylation is 2. The Hall–Kier alpha value is -3.20. The molecule has 9 heteroatoms. The molecule has 156 valence electrons. The van der Waals surface area contributed by atoms with Gasteiger partial charge in [0.2, 0.25) is 0 Å². The fourth-order valence-corrected chi connectivity index (χ4v) is 4.32. The van der Waals surface area contributed by atoms with Gasteiger partial charge in [-0.15, -0.1) is 0 Å². The highest BCUT2D eigenvalue weighted by Crippen LogP contribution is 2.33. The molecule has 2 aromatic heterocycles. The van der Waals surface area contributed by atoms with Crippen molar-refractivity contribution < 1.29 is 9.90 Å². The number of aliphatic hydroxyl groups is 1. The number of hydrogen-bond acceptors (Lipinski definition) is 6. The first-order valence-corrected chi connectivity index (χ1v) is 10.2. The maximum absolute atomic E-state index is 12.6. The first kappa shape index (κ1) is 18.8. The molecule has 2 fully saturated rings. The quantitative estimate of drug-likeness (QED) is 0.690. The van der Waals surface area contributed by atoms with Crippen molar-refractivity contribution >= 4 is 28.7 Å². The molecular formula is C21H25N7O2. The van der Waals surface area contributed by atoms with Crippen LogP contribution in [0.25, 0.3) is 11.0 Å². The lowest BCUT2D eigenvalue weighted by molar-refractivity contribution is 0.199. The highest BCUT2D eigenvalue weighted by atomic mass is 16.3.